The van der Waals surface area contributed by atoms with Gasteiger partial charge in [-0.2, -0.15) is 4.98 Å². The molecule has 1 unspecified atom stereocenters. The summed E-state index contributed by atoms with van der Waals surface area (Å²) in [5.74, 6) is 1.16. The molecule has 130 valence electrons. The van der Waals surface area contributed by atoms with Crippen LogP contribution in [0.4, 0.5) is 5.95 Å². The molecule has 0 aliphatic carbocycles. The van der Waals surface area contributed by atoms with Crippen molar-refractivity contribution in [3.63, 3.8) is 0 Å². The lowest BCUT2D eigenvalue weighted by molar-refractivity contribution is 0.613. The van der Waals surface area contributed by atoms with Gasteiger partial charge in [-0.1, -0.05) is 12.1 Å². The second-order valence-corrected chi connectivity index (χ2v) is 7.56. The molecule has 4 rings (SSSR count). The Bertz CT molecular complexity index is 944. The van der Waals surface area contributed by atoms with E-state index in [-0.39, 0.29) is 5.69 Å². The van der Waals surface area contributed by atoms with E-state index in [0.717, 1.165) is 35.2 Å². The zero-order valence-corrected chi connectivity index (χ0v) is 15.8. The van der Waals surface area contributed by atoms with Gasteiger partial charge in [0.1, 0.15) is 5.52 Å². The van der Waals surface area contributed by atoms with Crippen molar-refractivity contribution in [3.05, 3.63) is 50.1 Å². The van der Waals surface area contributed by atoms with Crippen LogP contribution in [0.25, 0.3) is 11.2 Å². The minimum absolute atomic E-state index is 0.166. The van der Waals surface area contributed by atoms with E-state index >= 15 is 0 Å². The van der Waals surface area contributed by atoms with Gasteiger partial charge >= 0.3 is 5.69 Å². The maximum atomic E-state index is 12.3. The largest absolute Gasteiger partial charge is 0.354 e. The van der Waals surface area contributed by atoms with Gasteiger partial charge in [0.2, 0.25) is 5.95 Å². The Hall–Kier alpha value is -1.94. The molecule has 0 spiro atoms. The standard InChI is InChI=1S/C17H19IN6O/c18-13-3-1-2-11(6-13)10-24-15-14(22-17(24)25)9-21-16(23-15)20-8-12-4-5-19-7-12/h1-3,6,9,12,19H,4-5,7-8,10H2,(H,22,25)(H,20,21,23). The predicted octanol–water partition coefficient (Wildman–Crippen LogP) is 1.79. The lowest BCUT2D eigenvalue weighted by Crippen LogP contribution is -2.19. The summed E-state index contributed by atoms with van der Waals surface area (Å²) in [5, 5.41) is 6.65. The number of nitrogens with one attached hydrogen (secondary N) is 3. The Morgan fingerprint density at radius 1 is 1.40 bits per heavy atom. The van der Waals surface area contributed by atoms with E-state index in [4.69, 9.17) is 0 Å². The molecule has 0 radical (unpaired) electrons. The fourth-order valence-corrected chi connectivity index (χ4v) is 3.73. The number of nitrogens with zero attached hydrogens (tertiary/aromatic N) is 3. The zero-order chi connectivity index (χ0) is 17.2. The number of hydrogen-bond acceptors (Lipinski definition) is 5. The molecule has 2 aromatic heterocycles. The summed E-state index contributed by atoms with van der Waals surface area (Å²) in [6.07, 6.45) is 2.83. The molecular formula is C17H19IN6O. The summed E-state index contributed by atoms with van der Waals surface area (Å²) in [7, 11) is 0. The fraction of sp³-hybridized carbons (Fsp3) is 0.353. The van der Waals surface area contributed by atoms with Crippen LogP contribution in [0.1, 0.15) is 12.0 Å². The number of fused-ring (bicyclic) bond motifs is 1. The number of benzene rings is 1. The normalized spacial score (nSPS) is 17.2. The van der Waals surface area contributed by atoms with Crippen LogP contribution in [0, 0.1) is 9.49 Å². The highest BCUT2D eigenvalue weighted by Crippen LogP contribution is 2.14. The summed E-state index contributed by atoms with van der Waals surface area (Å²) in [4.78, 5) is 24.0. The molecule has 1 fully saturated rings. The number of halogens is 1. The lowest BCUT2D eigenvalue weighted by atomic mass is 10.1. The Kier molecular flexibility index (Phi) is 4.71. The molecule has 3 heterocycles. The van der Waals surface area contributed by atoms with Gasteiger partial charge in [0.25, 0.3) is 0 Å². The molecule has 1 aliphatic heterocycles. The number of H-pyrrole nitrogens is 1. The van der Waals surface area contributed by atoms with Crippen LogP contribution < -0.4 is 16.3 Å². The van der Waals surface area contributed by atoms with Gasteiger partial charge in [-0.15, -0.1) is 0 Å². The summed E-state index contributed by atoms with van der Waals surface area (Å²) in [5.41, 5.74) is 2.19. The predicted molar refractivity (Wildman–Crippen MR) is 106 cm³/mol. The third kappa shape index (κ3) is 3.69. The summed E-state index contributed by atoms with van der Waals surface area (Å²) >= 11 is 2.27. The van der Waals surface area contributed by atoms with Gasteiger partial charge in [-0.3, -0.25) is 4.57 Å². The topological polar surface area (TPSA) is 87.6 Å². The van der Waals surface area contributed by atoms with Gasteiger partial charge in [0.05, 0.1) is 12.7 Å². The third-order valence-corrected chi connectivity index (χ3v) is 5.12. The molecule has 0 saturated carbocycles. The molecule has 7 nitrogen and oxygen atoms in total. The molecule has 1 saturated heterocycles. The minimum atomic E-state index is -0.166. The highest BCUT2D eigenvalue weighted by atomic mass is 127. The Morgan fingerprint density at radius 2 is 2.32 bits per heavy atom. The third-order valence-electron chi connectivity index (χ3n) is 4.45. The summed E-state index contributed by atoms with van der Waals surface area (Å²) in [6.45, 7) is 3.42. The quantitative estimate of drug-likeness (QED) is 0.517. The number of imidazole rings is 1. The molecule has 1 aromatic carbocycles. The second-order valence-electron chi connectivity index (χ2n) is 6.32. The Labute approximate surface area is 158 Å². The smallest absolute Gasteiger partial charge is 0.328 e. The van der Waals surface area contributed by atoms with Crippen molar-refractivity contribution < 1.29 is 0 Å². The fourth-order valence-electron chi connectivity index (χ4n) is 3.12. The van der Waals surface area contributed by atoms with E-state index in [1.165, 1.54) is 0 Å². The van der Waals surface area contributed by atoms with Gasteiger partial charge in [-0.05, 0) is 65.7 Å². The molecule has 3 aromatic rings. The maximum absolute atomic E-state index is 12.3. The van der Waals surface area contributed by atoms with Crippen molar-refractivity contribution in [2.45, 2.75) is 13.0 Å². The van der Waals surface area contributed by atoms with Gasteiger partial charge in [0, 0.05) is 10.1 Å². The van der Waals surface area contributed by atoms with E-state index in [0.29, 0.717) is 29.6 Å². The van der Waals surface area contributed by atoms with Crippen LogP contribution in [0.3, 0.4) is 0 Å². The van der Waals surface area contributed by atoms with Gasteiger partial charge in [-0.25, -0.2) is 9.78 Å². The van der Waals surface area contributed by atoms with Crippen molar-refractivity contribution in [1.29, 1.82) is 0 Å². The minimum Gasteiger partial charge on any atom is -0.354 e. The van der Waals surface area contributed by atoms with E-state index in [1.54, 1.807) is 10.8 Å². The van der Waals surface area contributed by atoms with Crippen LogP contribution >= 0.6 is 22.6 Å². The van der Waals surface area contributed by atoms with E-state index < -0.39 is 0 Å². The molecular weight excluding hydrogens is 431 g/mol. The lowest BCUT2D eigenvalue weighted by Gasteiger charge is -2.10. The average molecular weight is 450 g/mol. The average Bonchev–Trinajstić information content (AvgIpc) is 3.22. The first-order valence-corrected chi connectivity index (χ1v) is 9.41. The van der Waals surface area contributed by atoms with Crippen molar-refractivity contribution >= 4 is 39.7 Å². The molecule has 1 aliphatic rings. The molecule has 25 heavy (non-hydrogen) atoms. The first kappa shape index (κ1) is 16.5. The maximum Gasteiger partial charge on any atom is 0.328 e. The molecule has 0 amide bonds. The Balaban J connectivity index is 1.60. The van der Waals surface area contributed by atoms with Crippen molar-refractivity contribution in [3.8, 4) is 0 Å². The summed E-state index contributed by atoms with van der Waals surface area (Å²) < 4.78 is 2.80. The highest BCUT2D eigenvalue weighted by molar-refractivity contribution is 14.1. The number of aromatic nitrogens is 4. The van der Waals surface area contributed by atoms with Gasteiger partial charge in [0.15, 0.2) is 5.65 Å². The van der Waals surface area contributed by atoms with Crippen LogP contribution in [0.15, 0.2) is 35.3 Å². The van der Waals surface area contributed by atoms with E-state index in [1.807, 2.05) is 18.2 Å². The second kappa shape index (κ2) is 7.12. The number of hydrogen-bond donors (Lipinski definition) is 3. The van der Waals surface area contributed by atoms with Crippen LogP contribution in [0.5, 0.6) is 0 Å². The highest BCUT2D eigenvalue weighted by Gasteiger charge is 2.15. The SMILES string of the molecule is O=c1[nH]c2cnc(NCC3CCNC3)nc2n1Cc1cccc(I)c1. The Morgan fingerprint density at radius 3 is 3.12 bits per heavy atom. The van der Waals surface area contributed by atoms with Crippen molar-refractivity contribution in [1.82, 2.24) is 24.8 Å². The molecule has 0 bridgehead atoms. The molecule has 8 heteroatoms. The van der Waals surface area contributed by atoms with Gasteiger partial charge < -0.3 is 15.6 Å². The number of aromatic amines is 1. The monoisotopic (exact) mass is 450 g/mol. The number of rotatable bonds is 5. The van der Waals surface area contributed by atoms with Crippen molar-refractivity contribution in [2.24, 2.45) is 5.92 Å². The first-order chi connectivity index (χ1) is 12.2. The zero-order valence-electron chi connectivity index (χ0n) is 13.6. The van der Waals surface area contributed by atoms with Crippen LogP contribution in [-0.4, -0.2) is 39.2 Å². The van der Waals surface area contributed by atoms with Crippen molar-refractivity contribution in [2.75, 3.05) is 25.0 Å². The molecule has 1 atom stereocenters. The van der Waals surface area contributed by atoms with E-state index in [2.05, 4.69) is 54.2 Å². The molecule has 3 N–H and O–H groups in total. The number of anilines is 1. The van der Waals surface area contributed by atoms with Crippen LogP contribution in [0.2, 0.25) is 0 Å². The van der Waals surface area contributed by atoms with E-state index in [9.17, 15) is 4.79 Å². The summed E-state index contributed by atoms with van der Waals surface area (Å²) in [6, 6.07) is 8.11. The van der Waals surface area contributed by atoms with Crippen LogP contribution in [-0.2, 0) is 6.54 Å². The first-order valence-electron chi connectivity index (χ1n) is 8.33.